The predicted octanol–water partition coefficient (Wildman–Crippen LogP) is 2.66. The molecule has 1 heterocycles. The van der Waals surface area contributed by atoms with Crippen LogP contribution in [0.1, 0.15) is 59.3 Å². The van der Waals surface area contributed by atoms with E-state index in [0.29, 0.717) is 12.3 Å². The molecule has 138 valence electrons. The molecule has 1 aliphatic heterocycles. The maximum atomic E-state index is 11.1. The van der Waals surface area contributed by atoms with Gasteiger partial charge in [0.1, 0.15) is 5.60 Å². The fourth-order valence-corrected chi connectivity index (χ4v) is 6.80. The Hall–Kier alpha value is -0.420. The average Bonchev–Trinajstić information content (AvgIpc) is 2.53. The van der Waals surface area contributed by atoms with E-state index in [1.54, 1.807) is 6.08 Å². The van der Waals surface area contributed by atoms with Crippen molar-refractivity contribution in [2.45, 2.75) is 76.6 Å². The molecule has 1 saturated heterocycles. The summed E-state index contributed by atoms with van der Waals surface area (Å²) in [6.07, 6.45) is 6.64. The molecule has 4 heteroatoms. The quantitative estimate of drug-likeness (QED) is 0.692. The van der Waals surface area contributed by atoms with Crippen LogP contribution in [-0.2, 0) is 4.74 Å². The highest BCUT2D eigenvalue weighted by Crippen LogP contribution is 2.65. The Morgan fingerprint density at radius 2 is 1.83 bits per heavy atom. The zero-order valence-electron chi connectivity index (χ0n) is 15.4. The monoisotopic (exact) mass is 338 g/mol. The van der Waals surface area contributed by atoms with Gasteiger partial charge in [0.2, 0.25) is 0 Å². The lowest BCUT2D eigenvalue weighted by Gasteiger charge is -2.66. The summed E-state index contributed by atoms with van der Waals surface area (Å²) in [5, 5.41) is 31.0. The summed E-state index contributed by atoms with van der Waals surface area (Å²) in [6.45, 7) is 10.5. The van der Waals surface area contributed by atoms with Gasteiger partial charge in [-0.2, -0.15) is 0 Å². The van der Waals surface area contributed by atoms with Crippen molar-refractivity contribution in [1.82, 2.24) is 0 Å². The van der Waals surface area contributed by atoms with Crippen LogP contribution in [0, 0.1) is 22.7 Å². The van der Waals surface area contributed by atoms with E-state index in [-0.39, 0.29) is 30.0 Å². The molecular formula is C20H34O4. The number of fused-ring (bicyclic) bond motifs is 3. The molecule has 24 heavy (non-hydrogen) atoms. The topological polar surface area (TPSA) is 69.9 Å². The molecule has 0 aromatic heterocycles. The third-order valence-electron chi connectivity index (χ3n) is 7.75. The van der Waals surface area contributed by atoms with Crippen molar-refractivity contribution >= 4 is 0 Å². The van der Waals surface area contributed by atoms with Crippen LogP contribution in [0.15, 0.2) is 12.7 Å². The zero-order chi connectivity index (χ0) is 17.8. The summed E-state index contributed by atoms with van der Waals surface area (Å²) < 4.78 is 6.46. The van der Waals surface area contributed by atoms with E-state index in [2.05, 4.69) is 27.4 Å². The molecule has 0 aromatic rings. The van der Waals surface area contributed by atoms with Gasteiger partial charge in [-0.3, -0.25) is 0 Å². The number of hydrogen-bond donors (Lipinski definition) is 3. The van der Waals surface area contributed by atoms with Crippen LogP contribution in [0.5, 0.6) is 0 Å². The first kappa shape index (κ1) is 18.4. The second kappa shape index (κ2) is 5.80. The third-order valence-corrected chi connectivity index (χ3v) is 7.75. The molecular weight excluding hydrogens is 304 g/mol. The number of aliphatic hydroxyl groups is 3. The largest absolute Gasteiger partial charge is 0.396 e. The van der Waals surface area contributed by atoms with Gasteiger partial charge in [0.05, 0.1) is 18.3 Å². The minimum absolute atomic E-state index is 0.0507. The van der Waals surface area contributed by atoms with E-state index in [1.807, 2.05) is 0 Å². The highest BCUT2D eigenvalue weighted by atomic mass is 16.5. The maximum absolute atomic E-state index is 11.1. The van der Waals surface area contributed by atoms with Crippen molar-refractivity contribution in [1.29, 1.82) is 0 Å². The molecule has 3 rings (SSSR count). The van der Waals surface area contributed by atoms with Crippen molar-refractivity contribution in [2.75, 3.05) is 13.2 Å². The molecule has 0 radical (unpaired) electrons. The Kier molecular flexibility index (Phi) is 4.44. The van der Waals surface area contributed by atoms with Crippen molar-refractivity contribution in [2.24, 2.45) is 22.7 Å². The van der Waals surface area contributed by atoms with E-state index >= 15 is 0 Å². The molecule has 0 bridgehead atoms. The lowest BCUT2D eigenvalue weighted by atomic mass is 9.43. The highest BCUT2D eigenvalue weighted by Gasteiger charge is 2.65. The van der Waals surface area contributed by atoms with Crippen molar-refractivity contribution in [3.05, 3.63) is 12.7 Å². The van der Waals surface area contributed by atoms with Crippen LogP contribution in [0.2, 0.25) is 0 Å². The molecule has 7 unspecified atom stereocenters. The van der Waals surface area contributed by atoms with Gasteiger partial charge in [-0.1, -0.05) is 26.3 Å². The van der Waals surface area contributed by atoms with Gasteiger partial charge in [0, 0.05) is 13.0 Å². The van der Waals surface area contributed by atoms with E-state index in [1.165, 1.54) is 0 Å². The van der Waals surface area contributed by atoms with Gasteiger partial charge in [0.15, 0.2) is 0 Å². The van der Waals surface area contributed by atoms with Gasteiger partial charge < -0.3 is 20.1 Å². The van der Waals surface area contributed by atoms with Crippen LogP contribution < -0.4 is 0 Å². The fraction of sp³-hybridized carbons (Fsp3) is 0.900. The Morgan fingerprint density at radius 3 is 2.42 bits per heavy atom. The van der Waals surface area contributed by atoms with Gasteiger partial charge in [-0.25, -0.2) is 0 Å². The summed E-state index contributed by atoms with van der Waals surface area (Å²) >= 11 is 0. The highest BCUT2D eigenvalue weighted by molar-refractivity contribution is 5.16. The summed E-state index contributed by atoms with van der Waals surface area (Å²) in [4.78, 5) is 0. The van der Waals surface area contributed by atoms with Crippen LogP contribution >= 0.6 is 0 Å². The smallest absolute Gasteiger partial charge is 0.110 e. The molecule has 0 amide bonds. The summed E-state index contributed by atoms with van der Waals surface area (Å²) in [7, 11) is 0. The average molecular weight is 338 g/mol. The van der Waals surface area contributed by atoms with Crippen LogP contribution in [0.4, 0.5) is 0 Å². The molecule has 3 fully saturated rings. The predicted molar refractivity (Wildman–Crippen MR) is 93.5 cm³/mol. The first-order valence-corrected chi connectivity index (χ1v) is 9.42. The Balaban J connectivity index is 2.00. The lowest BCUT2D eigenvalue weighted by molar-refractivity contribution is -0.288. The number of hydrogen-bond acceptors (Lipinski definition) is 4. The van der Waals surface area contributed by atoms with E-state index < -0.39 is 17.3 Å². The van der Waals surface area contributed by atoms with Gasteiger partial charge in [0.25, 0.3) is 0 Å². The molecule has 0 aromatic carbocycles. The van der Waals surface area contributed by atoms with Crippen LogP contribution in [0.3, 0.4) is 0 Å². The minimum atomic E-state index is -0.691. The standard InChI is InChI=1S/C20H34O4/c1-5-20(13-22)10-7-15-18(3)9-6-8-17(2,12-21)16(18)14(23)11-19(15,4)24-20/h5,14-16,21-23H,1,6-13H2,2-4H3. The molecule has 3 N–H and O–H groups in total. The summed E-state index contributed by atoms with van der Waals surface area (Å²) in [6, 6.07) is 0. The van der Waals surface area contributed by atoms with E-state index in [9.17, 15) is 15.3 Å². The van der Waals surface area contributed by atoms with Crippen LogP contribution in [0.25, 0.3) is 0 Å². The summed E-state index contributed by atoms with van der Waals surface area (Å²) in [5.41, 5.74) is -1.43. The molecule has 3 aliphatic rings. The number of ether oxygens (including phenoxy) is 1. The van der Waals surface area contributed by atoms with Gasteiger partial charge in [-0.05, 0) is 55.3 Å². The lowest BCUT2D eigenvalue weighted by Crippen LogP contribution is -2.68. The Labute approximate surface area is 145 Å². The van der Waals surface area contributed by atoms with Crippen molar-refractivity contribution < 1.29 is 20.1 Å². The SMILES string of the molecule is C=CC1(CO)CCC2C(C)(CC(O)C3C(C)(CO)CCCC32C)O1. The van der Waals surface area contributed by atoms with E-state index in [4.69, 9.17) is 4.74 Å². The molecule has 2 aliphatic carbocycles. The third kappa shape index (κ3) is 2.41. The second-order valence-corrected chi connectivity index (χ2v) is 9.35. The normalized spacial score (nSPS) is 54.7. The molecule has 7 atom stereocenters. The Bertz CT molecular complexity index is 508. The molecule has 4 nitrogen and oxygen atoms in total. The van der Waals surface area contributed by atoms with Gasteiger partial charge in [-0.15, -0.1) is 6.58 Å². The van der Waals surface area contributed by atoms with Crippen molar-refractivity contribution in [3.8, 4) is 0 Å². The first-order chi connectivity index (χ1) is 11.2. The van der Waals surface area contributed by atoms with Crippen LogP contribution in [-0.4, -0.2) is 45.8 Å². The van der Waals surface area contributed by atoms with Crippen molar-refractivity contribution in [3.63, 3.8) is 0 Å². The summed E-state index contributed by atoms with van der Waals surface area (Å²) in [5.74, 6) is 0.417. The zero-order valence-corrected chi connectivity index (χ0v) is 15.4. The Morgan fingerprint density at radius 1 is 1.12 bits per heavy atom. The first-order valence-electron chi connectivity index (χ1n) is 9.42. The second-order valence-electron chi connectivity index (χ2n) is 9.35. The van der Waals surface area contributed by atoms with Gasteiger partial charge >= 0.3 is 0 Å². The fourth-order valence-electron chi connectivity index (χ4n) is 6.80. The van der Waals surface area contributed by atoms with E-state index in [0.717, 1.165) is 32.1 Å². The maximum Gasteiger partial charge on any atom is 0.110 e. The molecule has 0 spiro atoms. The number of rotatable bonds is 3. The minimum Gasteiger partial charge on any atom is -0.396 e. The number of aliphatic hydroxyl groups excluding tert-OH is 3. The molecule has 2 saturated carbocycles.